The molecule has 0 unspecified atom stereocenters. The van der Waals surface area contributed by atoms with Crippen LogP contribution in [0.3, 0.4) is 0 Å². The van der Waals surface area contributed by atoms with Crippen molar-refractivity contribution in [2.24, 2.45) is 12.8 Å². The van der Waals surface area contributed by atoms with E-state index in [1.165, 1.54) is 0 Å². The smallest absolute Gasteiger partial charge is 0.0702 e. The number of nitrogens with zero attached hydrogens (tertiary/aromatic N) is 2. The lowest BCUT2D eigenvalue weighted by Crippen LogP contribution is -1.99. The van der Waals surface area contributed by atoms with Gasteiger partial charge >= 0.3 is 0 Å². The highest BCUT2D eigenvalue weighted by molar-refractivity contribution is 6.30. The van der Waals surface area contributed by atoms with Crippen LogP contribution < -0.4 is 5.73 Å². The molecule has 2 aromatic rings. The number of rotatable bonds is 4. The molecule has 4 heteroatoms. The first-order valence-corrected chi connectivity index (χ1v) is 6.55. The van der Waals surface area contributed by atoms with Crippen molar-refractivity contribution in [2.75, 3.05) is 0 Å². The van der Waals surface area contributed by atoms with Crippen molar-refractivity contribution >= 4 is 11.6 Å². The highest BCUT2D eigenvalue weighted by Crippen LogP contribution is 2.29. The summed E-state index contributed by atoms with van der Waals surface area (Å²) in [6.45, 7) is 2.66. The van der Waals surface area contributed by atoms with Crippen LogP contribution in [0.25, 0.3) is 11.1 Å². The summed E-state index contributed by atoms with van der Waals surface area (Å²) in [7, 11) is 1.94. The van der Waals surface area contributed by atoms with Crippen LogP contribution in [0.4, 0.5) is 0 Å². The second-order valence-electron chi connectivity index (χ2n) is 4.42. The molecule has 0 atom stereocenters. The first-order chi connectivity index (χ1) is 8.65. The van der Waals surface area contributed by atoms with Gasteiger partial charge in [-0.3, -0.25) is 4.68 Å². The van der Waals surface area contributed by atoms with Gasteiger partial charge in [0.15, 0.2) is 0 Å². The Hall–Kier alpha value is -1.32. The van der Waals surface area contributed by atoms with Crippen LogP contribution in [0, 0.1) is 0 Å². The minimum Gasteiger partial charge on any atom is -0.326 e. The van der Waals surface area contributed by atoms with Gasteiger partial charge in [-0.2, -0.15) is 5.10 Å². The van der Waals surface area contributed by atoms with E-state index in [-0.39, 0.29) is 0 Å². The van der Waals surface area contributed by atoms with Gasteiger partial charge in [0.25, 0.3) is 0 Å². The minimum atomic E-state index is 0.507. The summed E-state index contributed by atoms with van der Waals surface area (Å²) in [5.41, 5.74) is 10.2. The van der Waals surface area contributed by atoms with Crippen molar-refractivity contribution < 1.29 is 0 Å². The van der Waals surface area contributed by atoms with Crippen molar-refractivity contribution in [3.8, 4) is 11.1 Å². The number of halogens is 1. The molecule has 1 heterocycles. The predicted octanol–water partition coefficient (Wildman–Crippen LogP) is 3.15. The molecule has 0 fully saturated rings. The topological polar surface area (TPSA) is 43.8 Å². The van der Waals surface area contributed by atoms with Crippen LogP contribution in [0.1, 0.15) is 24.6 Å². The molecule has 0 radical (unpaired) electrons. The van der Waals surface area contributed by atoms with E-state index in [0.717, 1.165) is 40.2 Å². The summed E-state index contributed by atoms with van der Waals surface area (Å²) >= 11 is 6.09. The van der Waals surface area contributed by atoms with Crippen LogP contribution in [0.15, 0.2) is 24.4 Å². The molecule has 3 nitrogen and oxygen atoms in total. The van der Waals surface area contributed by atoms with E-state index < -0.39 is 0 Å². The first kappa shape index (κ1) is 13.1. The molecule has 0 saturated heterocycles. The Balaban J connectivity index is 2.56. The standard InChI is InChI=1S/C14H18ClN3/c1-3-4-14-13(9-18(2)17-14)12-7-11(15)6-5-10(12)8-16/h5-7,9H,3-4,8,16H2,1-2H3. The maximum Gasteiger partial charge on any atom is 0.0702 e. The van der Waals surface area contributed by atoms with Gasteiger partial charge < -0.3 is 5.73 Å². The predicted molar refractivity (Wildman–Crippen MR) is 75.5 cm³/mol. The average molecular weight is 264 g/mol. The Labute approximate surface area is 113 Å². The minimum absolute atomic E-state index is 0.507. The summed E-state index contributed by atoms with van der Waals surface area (Å²) in [6, 6.07) is 5.84. The second kappa shape index (κ2) is 5.55. The van der Waals surface area contributed by atoms with E-state index >= 15 is 0 Å². The van der Waals surface area contributed by atoms with Gasteiger partial charge in [0.05, 0.1) is 5.69 Å². The zero-order valence-corrected chi connectivity index (χ0v) is 11.5. The average Bonchev–Trinajstić information content (AvgIpc) is 2.71. The van der Waals surface area contributed by atoms with Crippen molar-refractivity contribution in [3.05, 3.63) is 40.7 Å². The fourth-order valence-electron chi connectivity index (χ4n) is 2.16. The molecule has 18 heavy (non-hydrogen) atoms. The molecule has 0 bridgehead atoms. The third-order valence-corrected chi connectivity index (χ3v) is 3.21. The van der Waals surface area contributed by atoms with E-state index in [9.17, 15) is 0 Å². The van der Waals surface area contributed by atoms with Gasteiger partial charge in [-0.05, 0) is 29.7 Å². The van der Waals surface area contributed by atoms with Crippen LogP contribution in [-0.2, 0) is 20.0 Å². The summed E-state index contributed by atoms with van der Waals surface area (Å²) in [5, 5.41) is 5.24. The van der Waals surface area contributed by atoms with Gasteiger partial charge in [0.2, 0.25) is 0 Å². The number of aromatic nitrogens is 2. The first-order valence-electron chi connectivity index (χ1n) is 6.17. The van der Waals surface area contributed by atoms with Crippen molar-refractivity contribution in [3.63, 3.8) is 0 Å². The third kappa shape index (κ3) is 2.57. The van der Waals surface area contributed by atoms with E-state index in [2.05, 4.69) is 12.0 Å². The molecule has 2 N–H and O–H groups in total. The summed E-state index contributed by atoms with van der Waals surface area (Å²) in [5.74, 6) is 0. The molecule has 96 valence electrons. The Bertz CT molecular complexity index is 546. The molecule has 0 aliphatic carbocycles. The van der Waals surface area contributed by atoms with Crippen molar-refractivity contribution in [1.82, 2.24) is 9.78 Å². The highest BCUT2D eigenvalue weighted by Gasteiger charge is 2.12. The molecule has 0 spiro atoms. The normalized spacial score (nSPS) is 10.9. The quantitative estimate of drug-likeness (QED) is 0.921. The molecular formula is C14H18ClN3. The van der Waals surface area contributed by atoms with E-state index in [1.54, 1.807) is 0 Å². The molecule has 0 saturated carbocycles. The molecule has 0 amide bonds. The zero-order chi connectivity index (χ0) is 13.1. The van der Waals surface area contributed by atoms with Crippen molar-refractivity contribution in [1.29, 1.82) is 0 Å². The number of nitrogens with two attached hydrogens (primary N) is 1. The fraction of sp³-hybridized carbons (Fsp3) is 0.357. The lowest BCUT2D eigenvalue weighted by atomic mass is 9.99. The zero-order valence-electron chi connectivity index (χ0n) is 10.8. The van der Waals surface area contributed by atoms with E-state index in [1.807, 2.05) is 36.1 Å². The number of hydrogen-bond donors (Lipinski definition) is 1. The second-order valence-corrected chi connectivity index (χ2v) is 4.86. The number of benzene rings is 1. The molecule has 1 aromatic heterocycles. The Morgan fingerprint density at radius 1 is 1.33 bits per heavy atom. The molecule has 1 aromatic carbocycles. The van der Waals surface area contributed by atoms with Crippen molar-refractivity contribution in [2.45, 2.75) is 26.3 Å². The van der Waals surface area contributed by atoms with Gasteiger partial charge in [-0.15, -0.1) is 0 Å². The largest absolute Gasteiger partial charge is 0.326 e. The monoisotopic (exact) mass is 263 g/mol. The molecule has 0 aliphatic rings. The summed E-state index contributed by atoms with van der Waals surface area (Å²) in [4.78, 5) is 0. The maximum atomic E-state index is 6.09. The maximum absolute atomic E-state index is 6.09. The van der Waals surface area contributed by atoms with Gasteiger partial charge in [-0.1, -0.05) is 31.0 Å². The third-order valence-electron chi connectivity index (χ3n) is 2.97. The Morgan fingerprint density at radius 3 is 2.78 bits per heavy atom. The highest BCUT2D eigenvalue weighted by atomic mass is 35.5. The Morgan fingerprint density at radius 2 is 2.11 bits per heavy atom. The fourth-order valence-corrected chi connectivity index (χ4v) is 2.33. The van der Waals surface area contributed by atoms with Gasteiger partial charge in [0.1, 0.15) is 0 Å². The number of hydrogen-bond acceptors (Lipinski definition) is 2. The lowest BCUT2D eigenvalue weighted by Gasteiger charge is -2.08. The molecule has 0 aliphatic heterocycles. The van der Waals surface area contributed by atoms with Gasteiger partial charge in [0, 0.05) is 30.4 Å². The lowest BCUT2D eigenvalue weighted by molar-refractivity contribution is 0.733. The SMILES string of the molecule is CCCc1nn(C)cc1-c1cc(Cl)ccc1CN. The molecule has 2 rings (SSSR count). The van der Waals surface area contributed by atoms with Crippen LogP contribution in [-0.4, -0.2) is 9.78 Å². The van der Waals surface area contributed by atoms with Crippen LogP contribution >= 0.6 is 11.6 Å². The van der Waals surface area contributed by atoms with E-state index in [0.29, 0.717) is 6.54 Å². The number of aryl methyl sites for hydroxylation is 2. The summed E-state index contributed by atoms with van der Waals surface area (Å²) in [6.07, 6.45) is 4.07. The van der Waals surface area contributed by atoms with Gasteiger partial charge in [-0.25, -0.2) is 0 Å². The van der Waals surface area contributed by atoms with Crippen LogP contribution in [0.5, 0.6) is 0 Å². The van der Waals surface area contributed by atoms with Crippen LogP contribution in [0.2, 0.25) is 5.02 Å². The van der Waals surface area contributed by atoms with E-state index in [4.69, 9.17) is 17.3 Å². The summed E-state index contributed by atoms with van der Waals surface area (Å²) < 4.78 is 1.85. The molecular weight excluding hydrogens is 246 g/mol. The Kier molecular flexibility index (Phi) is 4.04.